The molecule has 8 heteroatoms. The minimum absolute atomic E-state index is 0.326. The zero-order valence-corrected chi connectivity index (χ0v) is 11.8. The third-order valence-electron chi connectivity index (χ3n) is 3.91. The van der Waals surface area contributed by atoms with Crippen molar-refractivity contribution in [2.24, 2.45) is 0 Å². The van der Waals surface area contributed by atoms with E-state index in [1.165, 1.54) is 6.42 Å². The van der Waals surface area contributed by atoms with Crippen molar-refractivity contribution >= 4 is 11.5 Å². The smallest absolute Gasteiger partial charge is 0.299 e. The van der Waals surface area contributed by atoms with Crippen LogP contribution in [-0.4, -0.2) is 50.4 Å². The molecule has 2 aromatic rings. The molecule has 21 heavy (non-hydrogen) atoms. The molecule has 6 nitrogen and oxygen atoms in total. The maximum absolute atomic E-state index is 12.8. The van der Waals surface area contributed by atoms with Crippen LogP contribution in [0.15, 0.2) is 12.1 Å². The molecular formula is C13H18F2N6. The van der Waals surface area contributed by atoms with Crippen LogP contribution >= 0.6 is 0 Å². The third-order valence-corrected chi connectivity index (χ3v) is 3.91. The van der Waals surface area contributed by atoms with Crippen molar-refractivity contribution in [1.82, 2.24) is 24.7 Å². The van der Waals surface area contributed by atoms with Gasteiger partial charge >= 0.3 is 0 Å². The number of anilines is 1. The fraction of sp³-hybridized carbons (Fsp3) is 0.615. The van der Waals surface area contributed by atoms with E-state index in [2.05, 4.69) is 32.4 Å². The summed E-state index contributed by atoms with van der Waals surface area (Å²) in [6, 6.07) is 3.85. The average Bonchev–Trinajstić information content (AvgIpc) is 3.10. The van der Waals surface area contributed by atoms with Gasteiger partial charge in [0.25, 0.3) is 6.43 Å². The number of hydrogen-bond acceptors (Lipinski definition) is 5. The highest BCUT2D eigenvalue weighted by Crippen LogP contribution is 2.19. The molecule has 114 valence electrons. The molecule has 3 rings (SSSR count). The van der Waals surface area contributed by atoms with E-state index in [0.717, 1.165) is 30.6 Å². The largest absolute Gasteiger partial charge is 0.367 e. The van der Waals surface area contributed by atoms with Crippen molar-refractivity contribution in [3.8, 4) is 0 Å². The van der Waals surface area contributed by atoms with Crippen molar-refractivity contribution < 1.29 is 8.78 Å². The molecule has 0 bridgehead atoms. The first kappa shape index (κ1) is 14.1. The predicted molar refractivity (Wildman–Crippen MR) is 74.5 cm³/mol. The van der Waals surface area contributed by atoms with Crippen molar-refractivity contribution in [1.29, 1.82) is 0 Å². The standard InChI is InChI=1S/C13H18F2N6/c1-2-20-7-3-4-9(20)8-16-10-5-6-11-17-18-13(12(14)15)21(11)19-10/h5-6,9,12H,2-4,7-8H2,1H3,(H,16,19). The van der Waals surface area contributed by atoms with Crippen LogP contribution in [0.4, 0.5) is 14.6 Å². The van der Waals surface area contributed by atoms with Crippen LogP contribution in [0.25, 0.3) is 5.65 Å². The second kappa shape index (κ2) is 5.88. The van der Waals surface area contributed by atoms with Gasteiger partial charge in [0.1, 0.15) is 5.82 Å². The van der Waals surface area contributed by atoms with Crippen LogP contribution in [0.2, 0.25) is 0 Å². The minimum Gasteiger partial charge on any atom is -0.367 e. The van der Waals surface area contributed by atoms with Crippen molar-refractivity contribution in [2.45, 2.75) is 32.2 Å². The topological polar surface area (TPSA) is 58.3 Å². The number of alkyl halides is 2. The molecule has 1 fully saturated rings. The fourth-order valence-corrected chi connectivity index (χ4v) is 2.80. The van der Waals surface area contributed by atoms with Gasteiger partial charge in [0.2, 0.25) is 5.82 Å². The highest BCUT2D eigenvalue weighted by atomic mass is 19.3. The monoisotopic (exact) mass is 296 g/mol. The Morgan fingerprint density at radius 1 is 1.38 bits per heavy atom. The van der Waals surface area contributed by atoms with Crippen LogP contribution in [0, 0.1) is 0 Å². The van der Waals surface area contributed by atoms with E-state index in [9.17, 15) is 8.78 Å². The zero-order valence-electron chi connectivity index (χ0n) is 11.8. The Hall–Kier alpha value is -1.83. The van der Waals surface area contributed by atoms with Crippen molar-refractivity contribution in [2.75, 3.05) is 25.0 Å². The number of hydrogen-bond donors (Lipinski definition) is 1. The van der Waals surface area contributed by atoms with Crippen LogP contribution in [-0.2, 0) is 0 Å². The van der Waals surface area contributed by atoms with Gasteiger partial charge in [-0.05, 0) is 38.1 Å². The Kier molecular flexibility index (Phi) is 3.96. The highest BCUT2D eigenvalue weighted by Gasteiger charge is 2.23. The van der Waals surface area contributed by atoms with Gasteiger partial charge in [-0.15, -0.1) is 15.3 Å². The molecule has 0 spiro atoms. The summed E-state index contributed by atoms with van der Waals surface area (Å²) < 4.78 is 26.7. The quantitative estimate of drug-likeness (QED) is 0.914. The van der Waals surface area contributed by atoms with Crippen LogP contribution in [0.3, 0.4) is 0 Å². The lowest BCUT2D eigenvalue weighted by atomic mass is 10.2. The van der Waals surface area contributed by atoms with E-state index in [1.807, 2.05) is 0 Å². The van der Waals surface area contributed by atoms with Gasteiger partial charge in [-0.1, -0.05) is 6.92 Å². The Morgan fingerprint density at radius 3 is 3.00 bits per heavy atom. The Labute approximate surface area is 121 Å². The molecule has 0 saturated carbocycles. The molecule has 1 saturated heterocycles. The number of likely N-dealkylation sites (N-methyl/N-ethyl adjacent to an activating group) is 1. The van der Waals surface area contributed by atoms with Gasteiger partial charge in [0.05, 0.1) is 0 Å². The Balaban J connectivity index is 1.73. The van der Waals surface area contributed by atoms with E-state index in [4.69, 9.17) is 0 Å². The Bertz CT molecular complexity index is 614. The van der Waals surface area contributed by atoms with Gasteiger partial charge in [0.15, 0.2) is 5.65 Å². The first-order valence-electron chi connectivity index (χ1n) is 7.17. The lowest BCUT2D eigenvalue weighted by Crippen LogP contribution is -2.34. The van der Waals surface area contributed by atoms with E-state index in [1.54, 1.807) is 12.1 Å². The number of likely N-dealkylation sites (tertiary alicyclic amines) is 1. The van der Waals surface area contributed by atoms with Crippen LogP contribution < -0.4 is 5.32 Å². The second-order valence-corrected chi connectivity index (χ2v) is 5.15. The normalized spacial score (nSPS) is 19.7. The highest BCUT2D eigenvalue weighted by molar-refractivity contribution is 5.44. The summed E-state index contributed by atoms with van der Waals surface area (Å²) in [5, 5.41) is 14.5. The molecule has 1 unspecified atom stereocenters. The number of aromatic nitrogens is 4. The molecule has 0 radical (unpaired) electrons. The Morgan fingerprint density at radius 2 is 2.24 bits per heavy atom. The van der Waals surface area contributed by atoms with Gasteiger partial charge in [-0.25, -0.2) is 8.78 Å². The molecule has 0 aromatic carbocycles. The summed E-state index contributed by atoms with van der Waals surface area (Å²) in [5.74, 6) is 0.136. The van der Waals surface area contributed by atoms with E-state index < -0.39 is 12.2 Å². The third kappa shape index (κ3) is 2.80. The van der Waals surface area contributed by atoms with Crippen molar-refractivity contribution in [3.05, 3.63) is 18.0 Å². The number of nitrogens with one attached hydrogen (secondary N) is 1. The first-order valence-corrected chi connectivity index (χ1v) is 7.17. The summed E-state index contributed by atoms with van der Waals surface area (Å²) >= 11 is 0. The molecule has 1 atom stereocenters. The summed E-state index contributed by atoms with van der Waals surface area (Å²) in [4.78, 5) is 2.41. The number of rotatable bonds is 5. The molecule has 0 aliphatic carbocycles. The zero-order chi connectivity index (χ0) is 14.8. The van der Waals surface area contributed by atoms with Crippen LogP contribution in [0.1, 0.15) is 32.0 Å². The first-order chi connectivity index (χ1) is 10.2. The average molecular weight is 296 g/mol. The number of fused-ring (bicyclic) bond motifs is 1. The maximum Gasteiger partial charge on any atom is 0.299 e. The molecular weight excluding hydrogens is 278 g/mol. The summed E-state index contributed by atoms with van der Waals surface area (Å²) in [6.07, 6.45) is -0.334. The lowest BCUT2D eigenvalue weighted by Gasteiger charge is -2.23. The summed E-state index contributed by atoms with van der Waals surface area (Å²) in [6.45, 7) is 5.06. The predicted octanol–water partition coefficient (Wildman–Crippen LogP) is 1.96. The second-order valence-electron chi connectivity index (χ2n) is 5.15. The van der Waals surface area contributed by atoms with Gasteiger partial charge in [0, 0.05) is 12.6 Å². The van der Waals surface area contributed by atoms with Crippen molar-refractivity contribution in [3.63, 3.8) is 0 Å². The molecule has 1 N–H and O–H groups in total. The van der Waals surface area contributed by atoms with Gasteiger partial charge in [-0.3, -0.25) is 4.90 Å². The van der Waals surface area contributed by atoms with Gasteiger partial charge in [-0.2, -0.15) is 4.52 Å². The number of nitrogens with zero attached hydrogens (tertiary/aromatic N) is 5. The molecule has 1 aliphatic heterocycles. The molecule has 3 heterocycles. The summed E-state index contributed by atoms with van der Waals surface area (Å²) in [5.41, 5.74) is 0.326. The van der Waals surface area contributed by atoms with E-state index in [0.29, 0.717) is 17.5 Å². The maximum atomic E-state index is 12.8. The van der Waals surface area contributed by atoms with Crippen LogP contribution in [0.5, 0.6) is 0 Å². The SMILES string of the molecule is CCN1CCCC1CNc1ccc2nnc(C(F)F)n2n1. The van der Waals surface area contributed by atoms with Gasteiger partial charge < -0.3 is 5.32 Å². The minimum atomic E-state index is -2.69. The summed E-state index contributed by atoms with van der Waals surface area (Å²) in [7, 11) is 0. The fourth-order valence-electron chi connectivity index (χ4n) is 2.80. The molecule has 2 aromatic heterocycles. The van der Waals surface area contributed by atoms with E-state index >= 15 is 0 Å². The molecule has 0 amide bonds. The molecule has 1 aliphatic rings. The lowest BCUT2D eigenvalue weighted by molar-refractivity contribution is 0.137. The number of halogens is 2. The van der Waals surface area contributed by atoms with E-state index in [-0.39, 0.29) is 0 Å².